The van der Waals surface area contributed by atoms with Crippen LogP contribution in [0.3, 0.4) is 0 Å². The number of amides is 1. The Morgan fingerprint density at radius 3 is 2.82 bits per heavy atom. The van der Waals surface area contributed by atoms with E-state index < -0.39 is 0 Å². The molecule has 1 aromatic carbocycles. The highest BCUT2D eigenvalue weighted by Crippen LogP contribution is 2.16. The van der Waals surface area contributed by atoms with Gasteiger partial charge in [0.25, 0.3) is 5.91 Å². The number of nitrogens with one attached hydrogen (secondary N) is 1. The van der Waals surface area contributed by atoms with Crippen molar-refractivity contribution in [1.82, 2.24) is 10.2 Å². The molecule has 0 atom stereocenters. The summed E-state index contributed by atoms with van der Waals surface area (Å²) in [4.78, 5) is 14.3. The molecule has 122 valence electrons. The van der Waals surface area contributed by atoms with Crippen molar-refractivity contribution in [3.8, 4) is 5.75 Å². The number of nitrogens with zero attached hydrogens (tertiary/aromatic N) is 1. The number of benzene rings is 1. The van der Waals surface area contributed by atoms with E-state index in [4.69, 9.17) is 9.47 Å². The van der Waals surface area contributed by atoms with Crippen molar-refractivity contribution >= 4 is 28.5 Å². The highest BCUT2D eigenvalue weighted by atomic mass is 127. The molecule has 0 saturated carbocycles. The van der Waals surface area contributed by atoms with Crippen LogP contribution < -0.4 is 10.1 Å². The molecule has 1 aliphatic rings. The summed E-state index contributed by atoms with van der Waals surface area (Å²) < 4.78 is 12.0. The number of carbonyl (C=O) groups is 1. The van der Waals surface area contributed by atoms with E-state index in [1.54, 1.807) is 0 Å². The molecule has 22 heavy (non-hydrogen) atoms. The molecule has 0 radical (unpaired) electrons. The molecule has 0 aromatic heterocycles. The van der Waals surface area contributed by atoms with Gasteiger partial charge < -0.3 is 14.8 Å². The molecule has 1 amide bonds. The maximum atomic E-state index is 11.9. The molecule has 1 aliphatic heterocycles. The Bertz CT molecular complexity index is 502. The topological polar surface area (TPSA) is 50.8 Å². The van der Waals surface area contributed by atoms with Crippen molar-refractivity contribution in [3.63, 3.8) is 0 Å². The third-order valence-corrected chi connectivity index (χ3v) is 4.42. The monoisotopic (exact) mass is 418 g/mol. The maximum Gasteiger partial charge on any atom is 0.258 e. The summed E-state index contributed by atoms with van der Waals surface area (Å²) in [6.07, 6.45) is 0. The molecule has 2 rings (SSSR count). The van der Waals surface area contributed by atoms with Crippen molar-refractivity contribution in [1.29, 1.82) is 0 Å². The van der Waals surface area contributed by atoms with E-state index in [0.29, 0.717) is 6.54 Å². The zero-order valence-electron chi connectivity index (χ0n) is 13.1. The van der Waals surface area contributed by atoms with Gasteiger partial charge >= 0.3 is 0 Å². The zero-order chi connectivity index (χ0) is 16.0. The summed E-state index contributed by atoms with van der Waals surface area (Å²) in [6.45, 7) is 8.24. The lowest BCUT2D eigenvalue weighted by molar-refractivity contribution is -0.123. The van der Waals surface area contributed by atoms with Gasteiger partial charge in [0.1, 0.15) is 5.75 Å². The van der Waals surface area contributed by atoms with E-state index in [1.165, 1.54) is 0 Å². The zero-order valence-corrected chi connectivity index (χ0v) is 15.3. The lowest BCUT2D eigenvalue weighted by Crippen LogP contribution is -2.55. The SMILES string of the molecule is CC(C)(CNC(=O)COc1cccc(I)c1)N1CCOCC1. The van der Waals surface area contributed by atoms with Crippen LogP contribution in [0.25, 0.3) is 0 Å². The molecule has 5 nitrogen and oxygen atoms in total. The molecule has 0 bridgehead atoms. The normalized spacial score (nSPS) is 16.3. The Kier molecular flexibility index (Phi) is 6.46. The molecule has 6 heteroatoms. The third kappa shape index (κ3) is 5.40. The molecule has 1 N–H and O–H groups in total. The lowest BCUT2D eigenvalue weighted by Gasteiger charge is -2.40. The van der Waals surface area contributed by atoms with Gasteiger partial charge in [0.2, 0.25) is 0 Å². The molecule has 1 fully saturated rings. The van der Waals surface area contributed by atoms with Gasteiger partial charge in [-0.3, -0.25) is 9.69 Å². The van der Waals surface area contributed by atoms with Gasteiger partial charge in [-0.05, 0) is 54.6 Å². The minimum Gasteiger partial charge on any atom is -0.484 e. The maximum absolute atomic E-state index is 11.9. The second-order valence-electron chi connectivity index (χ2n) is 5.93. The summed E-state index contributed by atoms with van der Waals surface area (Å²) in [5.74, 6) is 0.620. The number of morpholine rings is 1. The van der Waals surface area contributed by atoms with Crippen LogP contribution in [0.4, 0.5) is 0 Å². The predicted octanol–water partition coefficient (Wildman–Crippen LogP) is 1.90. The van der Waals surface area contributed by atoms with Crippen molar-refractivity contribution in [3.05, 3.63) is 27.8 Å². The van der Waals surface area contributed by atoms with E-state index in [2.05, 4.69) is 46.7 Å². The number of rotatable bonds is 6. The molecule has 1 heterocycles. The smallest absolute Gasteiger partial charge is 0.258 e. The summed E-state index contributed by atoms with van der Waals surface area (Å²) >= 11 is 2.22. The molecule has 0 spiro atoms. The van der Waals surface area contributed by atoms with Gasteiger partial charge in [-0.25, -0.2) is 0 Å². The molecular weight excluding hydrogens is 395 g/mol. The Morgan fingerprint density at radius 2 is 2.14 bits per heavy atom. The highest BCUT2D eigenvalue weighted by molar-refractivity contribution is 14.1. The first-order chi connectivity index (χ1) is 10.5. The first kappa shape index (κ1) is 17.5. The summed E-state index contributed by atoms with van der Waals surface area (Å²) in [6, 6.07) is 7.66. The number of ether oxygens (including phenoxy) is 2. The number of halogens is 1. The van der Waals surface area contributed by atoms with Gasteiger partial charge in [-0.15, -0.1) is 0 Å². The van der Waals surface area contributed by atoms with E-state index in [1.807, 2.05) is 24.3 Å². The molecule has 0 unspecified atom stereocenters. The van der Waals surface area contributed by atoms with Crippen molar-refractivity contribution < 1.29 is 14.3 Å². The van der Waals surface area contributed by atoms with Gasteiger partial charge in [-0.2, -0.15) is 0 Å². The predicted molar refractivity (Wildman–Crippen MR) is 94.1 cm³/mol. The average molecular weight is 418 g/mol. The number of hydrogen-bond donors (Lipinski definition) is 1. The minimum absolute atomic E-state index is 0.0410. The van der Waals surface area contributed by atoms with Gasteiger partial charge in [0.05, 0.1) is 13.2 Å². The molecular formula is C16H23IN2O3. The Labute approximate surface area is 145 Å². The van der Waals surface area contributed by atoms with Crippen LogP contribution in [0.15, 0.2) is 24.3 Å². The fourth-order valence-corrected chi connectivity index (χ4v) is 2.87. The van der Waals surface area contributed by atoms with Crippen LogP contribution in [-0.2, 0) is 9.53 Å². The largest absolute Gasteiger partial charge is 0.484 e. The van der Waals surface area contributed by atoms with Crippen LogP contribution in [0.1, 0.15) is 13.8 Å². The van der Waals surface area contributed by atoms with Gasteiger partial charge in [0.15, 0.2) is 6.61 Å². The van der Waals surface area contributed by atoms with E-state index >= 15 is 0 Å². The second kappa shape index (κ2) is 8.12. The standard InChI is InChI=1S/C16H23IN2O3/c1-16(2,19-6-8-21-9-7-19)12-18-15(20)11-22-14-5-3-4-13(17)10-14/h3-5,10H,6-9,11-12H2,1-2H3,(H,18,20). The van der Waals surface area contributed by atoms with Crippen molar-refractivity contribution in [2.24, 2.45) is 0 Å². The van der Waals surface area contributed by atoms with Gasteiger partial charge in [0, 0.05) is 28.7 Å². The number of hydrogen-bond acceptors (Lipinski definition) is 4. The van der Waals surface area contributed by atoms with Crippen LogP contribution in [0.2, 0.25) is 0 Å². The Hall–Kier alpha value is -0.860. The summed E-state index contributed by atoms with van der Waals surface area (Å²) in [5, 5.41) is 2.96. The number of carbonyl (C=O) groups excluding carboxylic acids is 1. The molecule has 1 saturated heterocycles. The quantitative estimate of drug-likeness (QED) is 0.718. The molecule has 0 aliphatic carbocycles. The van der Waals surface area contributed by atoms with Crippen LogP contribution >= 0.6 is 22.6 Å². The Balaban J connectivity index is 1.74. The van der Waals surface area contributed by atoms with Crippen molar-refractivity contribution in [2.45, 2.75) is 19.4 Å². The average Bonchev–Trinajstić information content (AvgIpc) is 2.52. The third-order valence-electron chi connectivity index (χ3n) is 3.75. The fraction of sp³-hybridized carbons (Fsp3) is 0.562. The summed E-state index contributed by atoms with van der Waals surface area (Å²) in [7, 11) is 0. The minimum atomic E-state index is -0.0970. The lowest BCUT2D eigenvalue weighted by atomic mass is 10.0. The van der Waals surface area contributed by atoms with E-state index in [-0.39, 0.29) is 18.1 Å². The highest BCUT2D eigenvalue weighted by Gasteiger charge is 2.28. The van der Waals surface area contributed by atoms with Crippen LogP contribution in [-0.4, -0.2) is 55.8 Å². The first-order valence-corrected chi connectivity index (χ1v) is 8.53. The van der Waals surface area contributed by atoms with Crippen LogP contribution in [0, 0.1) is 3.57 Å². The van der Waals surface area contributed by atoms with Crippen LogP contribution in [0.5, 0.6) is 5.75 Å². The van der Waals surface area contributed by atoms with Crippen molar-refractivity contribution in [2.75, 3.05) is 39.5 Å². The Morgan fingerprint density at radius 1 is 1.41 bits per heavy atom. The van der Waals surface area contributed by atoms with E-state index in [9.17, 15) is 4.79 Å². The summed E-state index contributed by atoms with van der Waals surface area (Å²) in [5.41, 5.74) is -0.0818. The second-order valence-corrected chi connectivity index (χ2v) is 7.18. The molecule has 1 aromatic rings. The fourth-order valence-electron chi connectivity index (χ4n) is 2.35. The first-order valence-electron chi connectivity index (χ1n) is 7.45. The van der Waals surface area contributed by atoms with Gasteiger partial charge in [-0.1, -0.05) is 6.07 Å². The van der Waals surface area contributed by atoms with E-state index in [0.717, 1.165) is 35.6 Å².